The highest BCUT2D eigenvalue weighted by molar-refractivity contribution is 6.17. The van der Waals surface area contributed by atoms with Gasteiger partial charge in [-0.05, 0) is 36.6 Å². The average molecular weight is 596 g/mol. The Bertz CT molecular complexity index is 1710. The van der Waals surface area contributed by atoms with Crippen LogP contribution in [0.5, 0.6) is 0 Å². The molecule has 0 aromatic heterocycles. The number of nitrogens with one attached hydrogen (secondary N) is 1. The van der Waals surface area contributed by atoms with Gasteiger partial charge >= 0.3 is 5.97 Å². The van der Waals surface area contributed by atoms with Crippen LogP contribution in [0.15, 0.2) is 120 Å². The van der Waals surface area contributed by atoms with Crippen molar-refractivity contribution in [2.24, 2.45) is 10.9 Å². The number of aliphatic carboxylic acids is 1. The molecule has 8 heteroatoms. The van der Waals surface area contributed by atoms with Crippen LogP contribution in [-0.4, -0.2) is 46.2 Å². The van der Waals surface area contributed by atoms with Gasteiger partial charge in [-0.2, -0.15) is 10.5 Å². The Balaban J connectivity index is 1.55. The Hall–Kier alpha value is -5.57. The van der Waals surface area contributed by atoms with Gasteiger partial charge in [0.1, 0.15) is 5.92 Å². The second-order valence-corrected chi connectivity index (χ2v) is 10.9. The number of rotatable bonds is 11. The number of likely N-dealkylation sites (tertiary alicyclic amines) is 1. The normalized spacial score (nSPS) is 16.3. The fraction of sp³-hybridized carbons (Fsp3) is 0.216. The monoisotopic (exact) mass is 595 g/mol. The summed E-state index contributed by atoms with van der Waals surface area (Å²) in [5, 5.41) is 33.3. The number of carboxylic acid groups (broad SMARTS) is 1. The average Bonchev–Trinajstić information content (AvgIpc) is 3.54. The molecule has 3 unspecified atom stereocenters. The zero-order valence-corrected chi connectivity index (χ0v) is 24.7. The molecule has 5 rings (SSSR count). The van der Waals surface area contributed by atoms with Gasteiger partial charge in [-0.3, -0.25) is 14.7 Å². The van der Waals surface area contributed by atoms with Crippen LogP contribution in [0.2, 0.25) is 0 Å². The van der Waals surface area contributed by atoms with Crippen molar-refractivity contribution in [3.05, 3.63) is 138 Å². The van der Waals surface area contributed by atoms with E-state index in [2.05, 4.69) is 22.3 Å². The number of carboxylic acids is 1. The standard InChI is InChI=1S/C37H33N5O3/c38-23-29(24-39)33(27-15-6-2-7-16-27)35(37(44)45)41-34(28-17-8-3-9-18-28)30-19-10-11-20-31(30)40-36(43)32-21-12-22-42(32)25-26-13-4-1-5-14-26/h1-11,13-20,29,32-33,35H,12,21-22,25H2,(H,40,43)(H,44,45). The largest absolute Gasteiger partial charge is 0.480 e. The van der Waals surface area contributed by atoms with Crippen molar-refractivity contribution >= 4 is 23.3 Å². The number of nitriles is 2. The van der Waals surface area contributed by atoms with E-state index in [4.69, 9.17) is 4.99 Å². The first-order chi connectivity index (χ1) is 22.0. The van der Waals surface area contributed by atoms with Gasteiger partial charge in [0.2, 0.25) is 5.91 Å². The van der Waals surface area contributed by atoms with E-state index in [9.17, 15) is 25.2 Å². The summed E-state index contributed by atoms with van der Waals surface area (Å²) >= 11 is 0. The molecule has 3 atom stereocenters. The van der Waals surface area contributed by atoms with E-state index in [1.807, 2.05) is 60.7 Å². The molecule has 8 nitrogen and oxygen atoms in total. The quantitative estimate of drug-likeness (QED) is 0.204. The highest BCUT2D eigenvalue weighted by atomic mass is 16.4. The van der Waals surface area contributed by atoms with Gasteiger partial charge in [-0.1, -0.05) is 109 Å². The molecule has 4 aromatic rings. The van der Waals surface area contributed by atoms with Crippen molar-refractivity contribution < 1.29 is 14.7 Å². The number of aliphatic imine (C=N–C) groups is 1. The summed E-state index contributed by atoms with van der Waals surface area (Å²) < 4.78 is 0. The van der Waals surface area contributed by atoms with Gasteiger partial charge in [-0.15, -0.1) is 0 Å². The molecule has 1 amide bonds. The van der Waals surface area contributed by atoms with Crippen molar-refractivity contribution in [3.8, 4) is 12.1 Å². The summed E-state index contributed by atoms with van der Waals surface area (Å²) in [4.78, 5) is 33.6. The number of carbonyl (C=O) groups is 2. The van der Waals surface area contributed by atoms with E-state index in [1.54, 1.807) is 54.6 Å². The molecule has 2 N–H and O–H groups in total. The summed E-state index contributed by atoms with van der Waals surface area (Å²) in [5.74, 6) is -3.71. The lowest BCUT2D eigenvalue weighted by molar-refractivity contribution is -0.139. The minimum Gasteiger partial charge on any atom is -0.480 e. The zero-order valence-electron chi connectivity index (χ0n) is 24.7. The van der Waals surface area contributed by atoms with Crippen LogP contribution in [0.4, 0.5) is 5.69 Å². The Morgan fingerprint density at radius 2 is 1.47 bits per heavy atom. The van der Waals surface area contributed by atoms with Gasteiger partial charge in [0.05, 0.1) is 29.6 Å². The number of para-hydroxylation sites is 1. The third-order valence-electron chi connectivity index (χ3n) is 8.07. The summed E-state index contributed by atoms with van der Waals surface area (Å²) in [7, 11) is 0. The summed E-state index contributed by atoms with van der Waals surface area (Å²) in [6.45, 7) is 1.48. The molecule has 1 saturated heterocycles. The highest BCUT2D eigenvalue weighted by Gasteiger charge is 2.37. The van der Waals surface area contributed by atoms with E-state index in [0.29, 0.717) is 34.6 Å². The summed E-state index contributed by atoms with van der Waals surface area (Å²) in [5.41, 5.74) is 3.66. The lowest BCUT2D eigenvalue weighted by atomic mass is 9.81. The van der Waals surface area contributed by atoms with E-state index < -0.39 is 23.8 Å². The number of anilines is 1. The first kappa shape index (κ1) is 30.9. The predicted molar refractivity (Wildman–Crippen MR) is 172 cm³/mol. The smallest absolute Gasteiger partial charge is 0.329 e. The van der Waals surface area contributed by atoms with Gasteiger partial charge in [0, 0.05) is 23.6 Å². The molecular weight excluding hydrogens is 562 g/mol. The number of hydrogen-bond donors (Lipinski definition) is 2. The van der Waals surface area contributed by atoms with Crippen molar-refractivity contribution in [2.75, 3.05) is 11.9 Å². The first-order valence-corrected chi connectivity index (χ1v) is 14.9. The third-order valence-corrected chi connectivity index (χ3v) is 8.07. The molecule has 0 spiro atoms. The van der Waals surface area contributed by atoms with E-state index >= 15 is 0 Å². The van der Waals surface area contributed by atoms with Crippen LogP contribution in [0.25, 0.3) is 0 Å². The Kier molecular flexibility index (Phi) is 10.1. The molecule has 0 aliphatic carbocycles. The fourth-order valence-corrected chi connectivity index (χ4v) is 5.89. The summed E-state index contributed by atoms with van der Waals surface area (Å²) in [6.07, 6.45) is 1.63. The topological polar surface area (TPSA) is 130 Å². The van der Waals surface area contributed by atoms with Crippen molar-refractivity contribution in [1.82, 2.24) is 4.90 Å². The number of benzene rings is 4. The number of nitrogens with zero attached hydrogens (tertiary/aromatic N) is 4. The maximum absolute atomic E-state index is 13.8. The molecule has 0 radical (unpaired) electrons. The van der Waals surface area contributed by atoms with Gasteiger partial charge < -0.3 is 10.4 Å². The van der Waals surface area contributed by atoms with E-state index in [-0.39, 0.29) is 11.9 Å². The van der Waals surface area contributed by atoms with Gasteiger partial charge in [-0.25, -0.2) is 4.79 Å². The van der Waals surface area contributed by atoms with Crippen LogP contribution in [-0.2, 0) is 16.1 Å². The molecule has 4 aromatic carbocycles. The van der Waals surface area contributed by atoms with Gasteiger partial charge in [0.25, 0.3) is 0 Å². The first-order valence-electron chi connectivity index (χ1n) is 14.9. The van der Waals surface area contributed by atoms with Crippen molar-refractivity contribution in [1.29, 1.82) is 10.5 Å². The lowest BCUT2D eigenvalue weighted by Gasteiger charge is -2.25. The molecule has 45 heavy (non-hydrogen) atoms. The Morgan fingerprint density at radius 1 is 0.867 bits per heavy atom. The molecule has 224 valence electrons. The molecule has 1 heterocycles. The SMILES string of the molecule is N#CC(C#N)C(c1ccccc1)C(N=C(c1ccccc1)c1ccccc1NC(=O)C1CCCN1Cc1ccccc1)C(=O)O. The zero-order chi connectivity index (χ0) is 31.6. The maximum Gasteiger partial charge on any atom is 0.329 e. The lowest BCUT2D eigenvalue weighted by Crippen LogP contribution is -2.39. The predicted octanol–water partition coefficient (Wildman–Crippen LogP) is 6.03. The van der Waals surface area contributed by atoms with E-state index in [0.717, 1.165) is 24.9 Å². The molecule has 0 bridgehead atoms. The third kappa shape index (κ3) is 7.33. The number of hydrogen-bond acceptors (Lipinski definition) is 6. The molecule has 1 aliphatic rings. The maximum atomic E-state index is 13.8. The number of amides is 1. The van der Waals surface area contributed by atoms with Gasteiger partial charge in [0.15, 0.2) is 6.04 Å². The molecule has 1 fully saturated rings. The molecular formula is C37H33N5O3. The van der Waals surface area contributed by atoms with Crippen molar-refractivity contribution in [3.63, 3.8) is 0 Å². The van der Waals surface area contributed by atoms with Crippen LogP contribution in [0, 0.1) is 28.6 Å². The molecule has 1 aliphatic heterocycles. The van der Waals surface area contributed by atoms with Crippen LogP contribution in [0.1, 0.15) is 41.0 Å². The Labute approximate surface area is 262 Å². The second kappa shape index (κ2) is 14.7. The minimum atomic E-state index is -1.47. The van der Waals surface area contributed by atoms with Crippen LogP contribution >= 0.6 is 0 Å². The van der Waals surface area contributed by atoms with Crippen LogP contribution in [0.3, 0.4) is 0 Å². The Morgan fingerprint density at radius 3 is 2.11 bits per heavy atom. The van der Waals surface area contributed by atoms with Crippen molar-refractivity contribution in [2.45, 2.75) is 37.4 Å². The van der Waals surface area contributed by atoms with Crippen LogP contribution < -0.4 is 5.32 Å². The van der Waals surface area contributed by atoms with E-state index in [1.165, 1.54) is 0 Å². The highest BCUT2D eigenvalue weighted by Crippen LogP contribution is 2.32. The fourth-order valence-electron chi connectivity index (χ4n) is 5.89. The second-order valence-electron chi connectivity index (χ2n) is 10.9. The number of carbonyl (C=O) groups excluding carboxylic acids is 1. The summed E-state index contributed by atoms with van der Waals surface area (Å²) in [6, 6.07) is 37.2. The minimum absolute atomic E-state index is 0.144. The molecule has 0 saturated carbocycles.